The molecule has 0 aliphatic heterocycles. The van der Waals surface area contributed by atoms with Gasteiger partial charge in [0.25, 0.3) is 0 Å². The molecule has 0 spiro atoms. The van der Waals surface area contributed by atoms with Crippen LogP contribution < -0.4 is 0 Å². The number of aliphatic hydroxyl groups excluding tert-OH is 1. The monoisotopic (exact) mass is 177 g/mol. The average Bonchev–Trinajstić information content (AvgIpc) is 2.49. The van der Waals surface area contributed by atoms with Crippen molar-refractivity contribution in [3.05, 3.63) is 24.2 Å². The van der Waals surface area contributed by atoms with Gasteiger partial charge in [0.05, 0.1) is 18.5 Å². The van der Waals surface area contributed by atoms with E-state index < -0.39 is 0 Å². The number of hydrogen-bond acceptors (Lipinski definition) is 3. The van der Waals surface area contributed by atoms with E-state index in [9.17, 15) is 0 Å². The summed E-state index contributed by atoms with van der Waals surface area (Å²) in [6, 6.07) is 2.02. The van der Waals surface area contributed by atoms with Crippen molar-refractivity contribution in [2.24, 2.45) is 0 Å². The molecule has 2 aromatic rings. The molecule has 0 aromatic carbocycles. The first-order valence-electron chi connectivity index (χ1n) is 4.19. The number of rotatable bonds is 2. The number of imidazole rings is 1. The molecule has 0 unspecified atom stereocenters. The van der Waals surface area contributed by atoms with Crippen molar-refractivity contribution in [2.75, 3.05) is 6.61 Å². The van der Waals surface area contributed by atoms with E-state index in [0.717, 1.165) is 16.7 Å². The van der Waals surface area contributed by atoms with Crippen molar-refractivity contribution in [1.29, 1.82) is 0 Å². The molecular weight excluding hydrogens is 166 g/mol. The molecular formula is C9H11N3O. The first-order valence-corrected chi connectivity index (χ1v) is 4.19. The Kier molecular flexibility index (Phi) is 1.98. The van der Waals surface area contributed by atoms with E-state index in [4.69, 9.17) is 5.11 Å². The van der Waals surface area contributed by atoms with Crippen LogP contribution in [0.4, 0.5) is 0 Å². The molecule has 1 N–H and O–H groups in total. The first-order chi connectivity index (χ1) is 6.31. The van der Waals surface area contributed by atoms with Gasteiger partial charge in [0.1, 0.15) is 0 Å². The van der Waals surface area contributed by atoms with E-state index in [2.05, 4.69) is 9.97 Å². The summed E-state index contributed by atoms with van der Waals surface area (Å²) in [6.45, 7) is 2.68. The zero-order chi connectivity index (χ0) is 9.26. The normalized spacial score (nSPS) is 10.9. The van der Waals surface area contributed by atoms with Gasteiger partial charge in [-0.3, -0.25) is 0 Å². The van der Waals surface area contributed by atoms with E-state index in [1.165, 1.54) is 0 Å². The second kappa shape index (κ2) is 3.14. The topological polar surface area (TPSA) is 50.9 Å². The summed E-state index contributed by atoms with van der Waals surface area (Å²) in [7, 11) is 0. The maximum Gasteiger partial charge on any atom is 0.177 e. The van der Waals surface area contributed by atoms with Crippen LogP contribution in [0.3, 0.4) is 0 Å². The first kappa shape index (κ1) is 8.19. The van der Waals surface area contributed by atoms with Gasteiger partial charge in [-0.1, -0.05) is 0 Å². The van der Waals surface area contributed by atoms with Crippen LogP contribution in [-0.2, 0) is 6.54 Å². The summed E-state index contributed by atoms with van der Waals surface area (Å²) in [5, 5.41) is 8.80. The molecule has 0 saturated heterocycles. The molecule has 0 fully saturated rings. The van der Waals surface area contributed by atoms with Crippen molar-refractivity contribution < 1.29 is 5.11 Å². The van der Waals surface area contributed by atoms with Crippen LogP contribution in [0.2, 0.25) is 0 Å². The Labute approximate surface area is 75.9 Å². The Morgan fingerprint density at radius 3 is 3.08 bits per heavy atom. The number of hydrogen-bond donors (Lipinski definition) is 1. The van der Waals surface area contributed by atoms with E-state index in [1.807, 2.05) is 17.6 Å². The van der Waals surface area contributed by atoms with Crippen LogP contribution in [-0.4, -0.2) is 26.2 Å². The molecule has 0 amide bonds. The Balaban J connectivity index is 2.58. The highest BCUT2D eigenvalue weighted by molar-refractivity contribution is 5.71. The molecule has 0 aliphatic carbocycles. The molecule has 0 saturated carbocycles. The SMILES string of the molecule is Cc1cnc2ncn(CCO)c2c1. The third-order valence-corrected chi connectivity index (χ3v) is 1.95. The van der Waals surface area contributed by atoms with Crippen molar-refractivity contribution in [3.8, 4) is 0 Å². The van der Waals surface area contributed by atoms with Crippen molar-refractivity contribution >= 4 is 11.2 Å². The smallest absolute Gasteiger partial charge is 0.177 e. The Morgan fingerprint density at radius 1 is 1.46 bits per heavy atom. The van der Waals surface area contributed by atoms with Gasteiger partial charge in [-0.25, -0.2) is 9.97 Å². The zero-order valence-corrected chi connectivity index (χ0v) is 7.44. The average molecular weight is 177 g/mol. The van der Waals surface area contributed by atoms with Gasteiger partial charge < -0.3 is 9.67 Å². The number of nitrogens with zero attached hydrogens (tertiary/aromatic N) is 3. The zero-order valence-electron chi connectivity index (χ0n) is 7.44. The highest BCUT2D eigenvalue weighted by Gasteiger charge is 2.02. The van der Waals surface area contributed by atoms with E-state index >= 15 is 0 Å². The van der Waals surface area contributed by atoms with Crippen molar-refractivity contribution in [2.45, 2.75) is 13.5 Å². The largest absolute Gasteiger partial charge is 0.395 e. The van der Waals surface area contributed by atoms with Crippen molar-refractivity contribution in [1.82, 2.24) is 14.5 Å². The van der Waals surface area contributed by atoms with E-state index in [-0.39, 0.29) is 6.61 Å². The summed E-state index contributed by atoms with van der Waals surface area (Å²) in [4.78, 5) is 8.29. The fraction of sp³-hybridized carbons (Fsp3) is 0.333. The maximum absolute atomic E-state index is 8.80. The van der Waals surface area contributed by atoms with Gasteiger partial charge in [0.15, 0.2) is 5.65 Å². The molecule has 4 heteroatoms. The quantitative estimate of drug-likeness (QED) is 0.735. The van der Waals surface area contributed by atoms with Gasteiger partial charge in [0, 0.05) is 12.7 Å². The summed E-state index contributed by atoms with van der Waals surface area (Å²) in [5.74, 6) is 0. The van der Waals surface area contributed by atoms with Crippen molar-refractivity contribution in [3.63, 3.8) is 0 Å². The Morgan fingerprint density at radius 2 is 2.31 bits per heavy atom. The predicted octanol–water partition coefficient (Wildman–Crippen LogP) is 0.732. The predicted molar refractivity (Wildman–Crippen MR) is 49.4 cm³/mol. The standard InChI is InChI=1S/C9H11N3O/c1-7-4-8-9(10-5-7)11-6-12(8)2-3-13/h4-6,13H,2-3H2,1H3. The highest BCUT2D eigenvalue weighted by Crippen LogP contribution is 2.11. The molecule has 2 heterocycles. The highest BCUT2D eigenvalue weighted by atomic mass is 16.3. The second-order valence-electron chi connectivity index (χ2n) is 3.02. The molecule has 2 aromatic heterocycles. The number of pyridine rings is 1. The maximum atomic E-state index is 8.80. The van der Waals surface area contributed by atoms with E-state index in [0.29, 0.717) is 6.54 Å². The number of aliphatic hydroxyl groups is 1. The lowest BCUT2D eigenvalue weighted by Crippen LogP contribution is -2.00. The lowest BCUT2D eigenvalue weighted by molar-refractivity contribution is 0.278. The molecule has 4 nitrogen and oxygen atoms in total. The molecule has 0 atom stereocenters. The summed E-state index contributed by atoms with van der Waals surface area (Å²) in [5.41, 5.74) is 2.82. The Hall–Kier alpha value is -1.42. The third kappa shape index (κ3) is 1.40. The lowest BCUT2D eigenvalue weighted by atomic mass is 10.3. The molecule has 0 radical (unpaired) electrons. The number of aryl methyl sites for hydroxylation is 1. The molecule has 13 heavy (non-hydrogen) atoms. The lowest BCUT2D eigenvalue weighted by Gasteiger charge is -2.00. The van der Waals surface area contributed by atoms with Gasteiger partial charge >= 0.3 is 0 Å². The minimum absolute atomic E-state index is 0.124. The number of aromatic nitrogens is 3. The van der Waals surface area contributed by atoms with Crippen LogP contribution in [0.15, 0.2) is 18.6 Å². The second-order valence-corrected chi connectivity index (χ2v) is 3.02. The summed E-state index contributed by atoms with van der Waals surface area (Å²) in [6.07, 6.45) is 3.49. The van der Waals surface area contributed by atoms with Gasteiger partial charge in [-0.15, -0.1) is 0 Å². The number of fused-ring (bicyclic) bond motifs is 1. The van der Waals surface area contributed by atoms with Crippen LogP contribution in [0.5, 0.6) is 0 Å². The molecule has 0 bridgehead atoms. The summed E-state index contributed by atoms with van der Waals surface area (Å²) >= 11 is 0. The third-order valence-electron chi connectivity index (χ3n) is 1.95. The van der Waals surface area contributed by atoms with Gasteiger partial charge in [-0.05, 0) is 18.6 Å². The van der Waals surface area contributed by atoms with Crippen LogP contribution in [0, 0.1) is 6.92 Å². The minimum Gasteiger partial charge on any atom is -0.395 e. The van der Waals surface area contributed by atoms with Gasteiger partial charge in [-0.2, -0.15) is 0 Å². The Bertz CT molecular complexity index is 422. The van der Waals surface area contributed by atoms with Crippen LogP contribution in [0.25, 0.3) is 11.2 Å². The van der Waals surface area contributed by atoms with Crippen LogP contribution in [0.1, 0.15) is 5.56 Å². The summed E-state index contributed by atoms with van der Waals surface area (Å²) < 4.78 is 1.90. The molecule has 2 rings (SSSR count). The fourth-order valence-corrected chi connectivity index (χ4v) is 1.33. The molecule has 68 valence electrons. The van der Waals surface area contributed by atoms with Crippen LogP contribution >= 0.6 is 0 Å². The fourth-order valence-electron chi connectivity index (χ4n) is 1.33. The van der Waals surface area contributed by atoms with E-state index in [1.54, 1.807) is 12.5 Å². The minimum atomic E-state index is 0.124. The van der Waals surface area contributed by atoms with Gasteiger partial charge in [0.2, 0.25) is 0 Å². The molecule has 0 aliphatic rings.